The van der Waals surface area contributed by atoms with Gasteiger partial charge in [0.25, 0.3) is 0 Å². The van der Waals surface area contributed by atoms with E-state index in [9.17, 15) is 13.2 Å². The van der Waals surface area contributed by atoms with Crippen LogP contribution < -0.4 is 5.32 Å². The fourth-order valence-electron chi connectivity index (χ4n) is 1.77. The van der Waals surface area contributed by atoms with Crippen LogP contribution in [0.15, 0.2) is 18.2 Å². The fraction of sp³-hybridized carbons (Fsp3) is 0.333. The van der Waals surface area contributed by atoms with E-state index >= 15 is 0 Å². The Balaban J connectivity index is 2.67. The molecule has 2 rings (SSSR count). The van der Waals surface area contributed by atoms with Gasteiger partial charge in [0, 0.05) is 24.1 Å². The van der Waals surface area contributed by atoms with Crippen LogP contribution in [-0.2, 0) is 5.41 Å². The monoisotopic (exact) mass is 295 g/mol. The second-order valence-corrected chi connectivity index (χ2v) is 5.68. The van der Waals surface area contributed by atoms with Crippen LogP contribution in [0.4, 0.5) is 19.0 Å². The molecule has 0 radical (unpaired) electrons. The molecular formula is C15H16F3N3. The van der Waals surface area contributed by atoms with Gasteiger partial charge in [-0.3, -0.25) is 0 Å². The second-order valence-electron chi connectivity index (χ2n) is 5.68. The highest BCUT2D eigenvalue weighted by atomic mass is 19.2. The summed E-state index contributed by atoms with van der Waals surface area (Å²) in [5.41, 5.74) is -0.259. The van der Waals surface area contributed by atoms with Crippen LogP contribution in [0.25, 0.3) is 11.3 Å². The maximum atomic E-state index is 13.9. The Morgan fingerprint density at radius 2 is 1.67 bits per heavy atom. The van der Waals surface area contributed by atoms with Crippen molar-refractivity contribution in [1.82, 2.24) is 9.97 Å². The highest BCUT2D eigenvalue weighted by Gasteiger charge is 2.22. The van der Waals surface area contributed by atoms with E-state index in [-0.39, 0.29) is 16.7 Å². The highest BCUT2D eigenvalue weighted by molar-refractivity contribution is 5.63. The van der Waals surface area contributed by atoms with Gasteiger partial charge in [-0.15, -0.1) is 0 Å². The van der Waals surface area contributed by atoms with Gasteiger partial charge in [-0.1, -0.05) is 20.8 Å². The number of nitrogens with one attached hydrogen (secondary N) is 1. The fourth-order valence-corrected chi connectivity index (χ4v) is 1.77. The van der Waals surface area contributed by atoms with Crippen molar-refractivity contribution in [2.45, 2.75) is 26.2 Å². The van der Waals surface area contributed by atoms with Crippen molar-refractivity contribution in [2.75, 3.05) is 12.4 Å². The van der Waals surface area contributed by atoms with Gasteiger partial charge in [-0.05, 0) is 12.1 Å². The SMILES string of the molecule is CNc1cc(-c2ccc(F)c(F)c2F)nc(C(C)(C)C)n1. The summed E-state index contributed by atoms with van der Waals surface area (Å²) in [5, 5.41) is 2.85. The van der Waals surface area contributed by atoms with Gasteiger partial charge in [0.15, 0.2) is 17.5 Å². The molecule has 0 aliphatic carbocycles. The molecule has 0 atom stereocenters. The molecule has 0 saturated carbocycles. The second kappa shape index (κ2) is 5.35. The molecule has 6 heteroatoms. The van der Waals surface area contributed by atoms with Crippen molar-refractivity contribution in [3.63, 3.8) is 0 Å². The molecule has 1 aromatic carbocycles. The Labute approximate surface area is 121 Å². The van der Waals surface area contributed by atoms with Crippen molar-refractivity contribution in [3.05, 3.63) is 41.5 Å². The third-order valence-corrected chi connectivity index (χ3v) is 2.96. The average molecular weight is 295 g/mol. The number of anilines is 1. The normalized spacial score (nSPS) is 11.6. The molecule has 2 aromatic rings. The molecule has 3 nitrogen and oxygen atoms in total. The molecule has 0 aliphatic heterocycles. The van der Waals surface area contributed by atoms with Crippen molar-refractivity contribution >= 4 is 5.82 Å². The van der Waals surface area contributed by atoms with Crippen LogP contribution in [-0.4, -0.2) is 17.0 Å². The first-order valence-corrected chi connectivity index (χ1v) is 6.45. The molecule has 1 heterocycles. The molecule has 112 valence electrons. The largest absolute Gasteiger partial charge is 0.373 e. The summed E-state index contributed by atoms with van der Waals surface area (Å²) in [6.45, 7) is 5.73. The van der Waals surface area contributed by atoms with E-state index in [2.05, 4.69) is 15.3 Å². The number of aromatic nitrogens is 2. The minimum atomic E-state index is -1.51. The van der Waals surface area contributed by atoms with Crippen molar-refractivity contribution < 1.29 is 13.2 Å². The lowest BCUT2D eigenvalue weighted by atomic mass is 9.95. The van der Waals surface area contributed by atoms with Gasteiger partial charge in [0.2, 0.25) is 0 Å². The first-order valence-electron chi connectivity index (χ1n) is 6.45. The van der Waals surface area contributed by atoms with Crippen LogP contribution in [0, 0.1) is 17.5 Å². The van der Waals surface area contributed by atoms with Crippen molar-refractivity contribution in [2.24, 2.45) is 0 Å². The number of halogens is 3. The number of hydrogen-bond donors (Lipinski definition) is 1. The summed E-state index contributed by atoms with van der Waals surface area (Å²) in [5.74, 6) is -3.03. The topological polar surface area (TPSA) is 37.8 Å². The lowest BCUT2D eigenvalue weighted by Gasteiger charge is -2.18. The minimum Gasteiger partial charge on any atom is -0.373 e. The summed E-state index contributed by atoms with van der Waals surface area (Å²) in [6.07, 6.45) is 0. The molecular weight excluding hydrogens is 279 g/mol. The Kier molecular flexibility index (Phi) is 3.89. The Morgan fingerprint density at radius 3 is 2.24 bits per heavy atom. The van der Waals surface area contributed by atoms with Crippen molar-refractivity contribution in [1.29, 1.82) is 0 Å². The Bertz CT molecular complexity index is 679. The van der Waals surface area contributed by atoms with Crippen LogP contribution in [0.2, 0.25) is 0 Å². The van der Waals surface area contributed by atoms with Gasteiger partial charge in [0.1, 0.15) is 11.6 Å². The van der Waals surface area contributed by atoms with Gasteiger partial charge >= 0.3 is 0 Å². The highest BCUT2D eigenvalue weighted by Crippen LogP contribution is 2.28. The van der Waals surface area contributed by atoms with Crippen molar-refractivity contribution in [3.8, 4) is 11.3 Å². The molecule has 0 saturated heterocycles. The lowest BCUT2D eigenvalue weighted by Crippen LogP contribution is -2.17. The Hall–Kier alpha value is -2.11. The summed E-state index contributed by atoms with van der Waals surface area (Å²) in [6, 6.07) is 3.54. The van der Waals surface area contributed by atoms with E-state index in [0.29, 0.717) is 11.6 Å². The number of nitrogens with zero attached hydrogens (tertiary/aromatic N) is 2. The Morgan fingerprint density at radius 1 is 1.00 bits per heavy atom. The van der Waals surface area contributed by atoms with Crippen LogP contribution >= 0.6 is 0 Å². The van der Waals surface area contributed by atoms with E-state index in [1.165, 1.54) is 12.1 Å². The lowest BCUT2D eigenvalue weighted by molar-refractivity contribution is 0.448. The molecule has 21 heavy (non-hydrogen) atoms. The molecule has 1 aromatic heterocycles. The van der Waals surface area contributed by atoms with E-state index in [1.54, 1.807) is 7.05 Å². The molecule has 0 spiro atoms. The van der Waals surface area contributed by atoms with Crippen LogP contribution in [0.1, 0.15) is 26.6 Å². The standard InChI is InChI=1S/C15H16F3N3/c1-15(2,3)14-20-10(7-11(19-4)21-14)8-5-6-9(16)13(18)12(8)17/h5-7H,1-4H3,(H,19,20,21). The molecule has 0 unspecified atom stereocenters. The summed E-state index contributed by atoms with van der Waals surface area (Å²) >= 11 is 0. The predicted molar refractivity (Wildman–Crippen MR) is 75.6 cm³/mol. The molecule has 1 N–H and O–H groups in total. The van der Waals surface area contributed by atoms with Gasteiger partial charge in [-0.2, -0.15) is 0 Å². The number of rotatable bonds is 2. The summed E-state index contributed by atoms with van der Waals surface area (Å²) < 4.78 is 40.3. The zero-order chi connectivity index (χ0) is 15.8. The van der Waals surface area contributed by atoms with Crippen LogP contribution in [0.5, 0.6) is 0 Å². The van der Waals surface area contributed by atoms with E-state index in [4.69, 9.17) is 0 Å². The quantitative estimate of drug-likeness (QED) is 0.854. The molecule has 0 amide bonds. The zero-order valence-corrected chi connectivity index (χ0v) is 12.3. The maximum Gasteiger partial charge on any atom is 0.195 e. The number of benzene rings is 1. The van der Waals surface area contributed by atoms with E-state index in [0.717, 1.165) is 6.07 Å². The van der Waals surface area contributed by atoms with E-state index < -0.39 is 17.5 Å². The predicted octanol–water partition coefficient (Wildman–Crippen LogP) is 3.90. The van der Waals surface area contributed by atoms with Crippen LogP contribution in [0.3, 0.4) is 0 Å². The maximum absolute atomic E-state index is 13.9. The smallest absolute Gasteiger partial charge is 0.195 e. The average Bonchev–Trinajstić information content (AvgIpc) is 2.43. The molecule has 0 fully saturated rings. The first kappa shape index (κ1) is 15.3. The van der Waals surface area contributed by atoms with Gasteiger partial charge in [-0.25, -0.2) is 23.1 Å². The van der Waals surface area contributed by atoms with E-state index in [1.807, 2.05) is 20.8 Å². The van der Waals surface area contributed by atoms with Gasteiger partial charge in [0.05, 0.1) is 5.69 Å². The number of hydrogen-bond acceptors (Lipinski definition) is 3. The zero-order valence-electron chi connectivity index (χ0n) is 12.3. The third-order valence-electron chi connectivity index (χ3n) is 2.96. The van der Waals surface area contributed by atoms with Gasteiger partial charge < -0.3 is 5.32 Å². The molecule has 0 aliphatic rings. The third kappa shape index (κ3) is 2.99. The minimum absolute atomic E-state index is 0.0988. The summed E-state index contributed by atoms with van der Waals surface area (Å²) in [4.78, 5) is 8.58. The summed E-state index contributed by atoms with van der Waals surface area (Å²) in [7, 11) is 1.67. The first-order chi connectivity index (χ1) is 9.74. The molecule has 0 bridgehead atoms.